The fourth-order valence-corrected chi connectivity index (χ4v) is 7.59. The molecule has 3 heterocycles. The molecular weight excluding hydrogens is 617 g/mol. The number of aromatic nitrogens is 1. The number of piperidine rings is 2. The molecule has 6 rings (SSSR count). The van der Waals surface area contributed by atoms with Crippen LogP contribution in [0.5, 0.6) is 5.75 Å². The maximum Gasteiger partial charge on any atom is 0.254 e. The van der Waals surface area contributed by atoms with Gasteiger partial charge in [-0.2, -0.15) is 5.26 Å². The van der Waals surface area contributed by atoms with Crippen molar-refractivity contribution in [3.63, 3.8) is 0 Å². The Balaban J connectivity index is 1.28. The lowest BCUT2D eigenvalue weighted by Gasteiger charge is -2.38. The highest BCUT2D eigenvalue weighted by Gasteiger charge is 2.38. The molecule has 8 heteroatoms. The fourth-order valence-electron chi connectivity index (χ4n) is 6.71. The summed E-state index contributed by atoms with van der Waals surface area (Å²) in [6.07, 6.45) is 8.53. The van der Waals surface area contributed by atoms with E-state index in [-0.39, 0.29) is 11.8 Å². The van der Waals surface area contributed by atoms with Gasteiger partial charge in [-0.25, -0.2) is 4.98 Å². The molecule has 0 radical (unpaired) electrons. The molecule has 0 aliphatic carbocycles. The third-order valence-corrected chi connectivity index (χ3v) is 10.5. The number of amides is 2. The number of rotatable bonds is 9. The number of ether oxygens (including phenoxy) is 1. The quantitative estimate of drug-likeness (QED) is 0.134. The lowest BCUT2D eigenvalue weighted by atomic mass is 9.74. The van der Waals surface area contributed by atoms with Crippen LogP contribution >= 0.6 is 11.3 Å². The van der Waals surface area contributed by atoms with Gasteiger partial charge in [-0.3, -0.25) is 9.59 Å². The number of fused-ring (bicyclic) bond motifs is 1. The van der Waals surface area contributed by atoms with Crippen molar-refractivity contribution in [3.8, 4) is 11.8 Å². The highest BCUT2D eigenvalue weighted by molar-refractivity contribution is 7.18. The summed E-state index contributed by atoms with van der Waals surface area (Å²) >= 11 is 1.61. The van der Waals surface area contributed by atoms with Crippen molar-refractivity contribution in [2.24, 2.45) is 0 Å². The second kappa shape index (κ2) is 15.0. The van der Waals surface area contributed by atoms with E-state index in [4.69, 9.17) is 9.72 Å². The van der Waals surface area contributed by atoms with Crippen molar-refractivity contribution in [2.75, 3.05) is 26.2 Å². The zero-order valence-electron chi connectivity index (χ0n) is 27.8. The smallest absolute Gasteiger partial charge is 0.254 e. The van der Waals surface area contributed by atoms with Crippen LogP contribution in [0.25, 0.3) is 15.8 Å². The summed E-state index contributed by atoms with van der Waals surface area (Å²) in [5.41, 5.74) is 4.04. The zero-order valence-corrected chi connectivity index (χ0v) is 28.6. The number of carbonyl (C=O) groups is 2. The van der Waals surface area contributed by atoms with E-state index < -0.39 is 5.41 Å². The molecule has 3 aromatic carbocycles. The number of allylic oxidation sites excluding steroid dienone is 1. The van der Waals surface area contributed by atoms with Crippen LogP contribution in [0.4, 0.5) is 0 Å². The normalized spacial score (nSPS) is 16.9. The Morgan fingerprint density at radius 1 is 0.938 bits per heavy atom. The van der Waals surface area contributed by atoms with Gasteiger partial charge in [-0.15, -0.1) is 11.3 Å². The third kappa shape index (κ3) is 7.22. The molecule has 48 heavy (non-hydrogen) atoms. The number of likely N-dealkylation sites (tertiary alicyclic amines) is 2. The second-order valence-corrected chi connectivity index (χ2v) is 13.8. The topological polar surface area (TPSA) is 86.5 Å². The summed E-state index contributed by atoms with van der Waals surface area (Å²) in [6, 6.07) is 26.3. The molecule has 0 saturated carbocycles. The Kier molecular flexibility index (Phi) is 10.4. The minimum absolute atomic E-state index is 0.0675. The molecule has 0 unspecified atom stereocenters. The Hall–Kier alpha value is -4.74. The summed E-state index contributed by atoms with van der Waals surface area (Å²) in [5.74, 6) is 0.466. The fraction of sp³-hybridized carbons (Fsp3) is 0.350. The average Bonchev–Trinajstić information content (AvgIpc) is 3.56. The number of nitriles is 1. The van der Waals surface area contributed by atoms with E-state index in [1.165, 1.54) is 0 Å². The first kappa shape index (κ1) is 33.2. The first-order valence-electron chi connectivity index (χ1n) is 17.0. The SMILES string of the molecule is CC/C=C(/C=C(/C(=O)N1CCCCC1)c1cc(OCc2nc3ccccc3s2)ccc1C)C(=O)N1CCC(C#N)(c2ccccc2)CC1. The maximum atomic E-state index is 14.3. The van der Waals surface area contributed by atoms with Gasteiger partial charge in [0.1, 0.15) is 17.4 Å². The van der Waals surface area contributed by atoms with Crippen LogP contribution in [-0.2, 0) is 21.6 Å². The van der Waals surface area contributed by atoms with E-state index in [1.807, 2.05) is 96.5 Å². The van der Waals surface area contributed by atoms with Crippen molar-refractivity contribution < 1.29 is 14.3 Å². The van der Waals surface area contributed by atoms with Crippen LogP contribution < -0.4 is 4.74 Å². The Bertz CT molecular complexity index is 1840. The number of aryl methyl sites for hydroxylation is 1. The molecule has 0 bridgehead atoms. The highest BCUT2D eigenvalue weighted by atomic mass is 32.1. The predicted octanol–water partition coefficient (Wildman–Crippen LogP) is 8.00. The van der Waals surface area contributed by atoms with Crippen LogP contribution in [0, 0.1) is 18.3 Å². The summed E-state index contributed by atoms with van der Waals surface area (Å²) < 4.78 is 7.35. The Labute approximate surface area is 287 Å². The highest BCUT2D eigenvalue weighted by Crippen LogP contribution is 2.36. The van der Waals surface area contributed by atoms with Crippen molar-refractivity contribution in [2.45, 2.75) is 64.4 Å². The van der Waals surface area contributed by atoms with Crippen molar-refractivity contribution in [3.05, 3.63) is 112 Å². The summed E-state index contributed by atoms with van der Waals surface area (Å²) in [4.78, 5) is 36.9. The third-order valence-electron chi connectivity index (χ3n) is 9.49. The Morgan fingerprint density at radius 2 is 1.65 bits per heavy atom. The number of thiazole rings is 1. The number of nitrogens with zero attached hydrogens (tertiary/aromatic N) is 4. The molecule has 2 aliphatic heterocycles. The summed E-state index contributed by atoms with van der Waals surface area (Å²) in [7, 11) is 0. The lowest BCUT2D eigenvalue weighted by Crippen LogP contribution is -2.45. The van der Waals surface area contributed by atoms with Gasteiger partial charge < -0.3 is 14.5 Å². The van der Waals surface area contributed by atoms with Crippen molar-refractivity contribution in [1.82, 2.24) is 14.8 Å². The monoisotopic (exact) mass is 658 g/mol. The largest absolute Gasteiger partial charge is 0.486 e. The Morgan fingerprint density at radius 3 is 2.35 bits per heavy atom. The van der Waals surface area contributed by atoms with Gasteiger partial charge in [-0.05, 0) is 92.5 Å². The molecule has 7 nitrogen and oxygen atoms in total. The first-order chi connectivity index (χ1) is 23.4. The number of hydrogen-bond donors (Lipinski definition) is 0. The molecular formula is C40H42N4O3S. The van der Waals surface area contributed by atoms with E-state index in [9.17, 15) is 14.9 Å². The molecule has 0 atom stereocenters. The van der Waals surface area contributed by atoms with Crippen LogP contribution in [0.15, 0.2) is 90.5 Å². The van der Waals surface area contributed by atoms with Crippen LogP contribution in [-0.4, -0.2) is 52.8 Å². The van der Waals surface area contributed by atoms with Gasteiger partial charge in [-0.1, -0.05) is 61.5 Å². The molecule has 0 spiro atoms. The van der Waals surface area contributed by atoms with Gasteiger partial charge in [0.2, 0.25) is 0 Å². The van der Waals surface area contributed by atoms with Crippen molar-refractivity contribution in [1.29, 1.82) is 5.26 Å². The number of para-hydroxylation sites is 1. The number of benzene rings is 3. The molecule has 1 aromatic heterocycles. The first-order valence-corrected chi connectivity index (χ1v) is 17.8. The molecule has 2 fully saturated rings. The zero-order chi connectivity index (χ0) is 33.5. The van der Waals surface area contributed by atoms with Gasteiger partial charge in [0, 0.05) is 37.3 Å². The van der Waals surface area contributed by atoms with Gasteiger partial charge in [0.25, 0.3) is 11.8 Å². The molecule has 0 N–H and O–H groups in total. The van der Waals surface area contributed by atoms with E-state index in [0.29, 0.717) is 68.9 Å². The van der Waals surface area contributed by atoms with Gasteiger partial charge in [0.05, 0.1) is 21.7 Å². The molecule has 2 saturated heterocycles. The minimum Gasteiger partial charge on any atom is -0.486 e. The lowest BCUT2D eigenvalue weighted by molar-refractivity contribution is -0.128. The molecule has 2 aliphatic rings. The van der Waals surface area contributed by atoms with E-state index in [2.05, 4.69) is 12.1 Å². The van der Waals surface area contributed by atoms with Crippen LogP contribution in [0.3, 0.4) is 0 Å². The van der Waals surface area contributed by atoms with E-state index >= 15 is 0 Å². The van der Waals surface area contributed by atoms with Crippen LogP contribution in [0.1, 0.15) is 67.1 Å². The summed E-state index contributed by atoms with van der Waals surface area (Å²) in [6.45, 7) is 6.66. The number of hydrogen-bond acceptors (Lipinski definition) is 6. The van der Waals surface area contributed by atoms with Crippen LogP contribution in [0.2, 0.25) is 0 Å². The van der Waals surface area contributed by atoms with E-state index in [0.717, 1.165) is 51.2 Å². The minimum atomic E-state index is -0.610. The van der Waals surface area contributed by atoms with E-state index in [1.54, 1.807) is 17.4 Å². The molecule has 4 aromatic rings. The average molecular weight is 659 g/mol. The number of carbonyl (C=O) groups excluding carboxylic acids is 2. The standard InChI is InChI=1S/C40H42N4O3S/c1-3-12-30(38(45)44-23-19-40(28-41,20-24-44)31-13-6-4-7-14-31)25-34(39(46)43-21-10-5-11-22-43)33-26-32(18-17-29(33)2)47-27-37-42-35-15-8-9-16-36(35)48-37/h4,6-9,12-18,25-26H,3,5,10-11,19-24,27H2,1-2H3/b30-12-,34-25+. The van der Waals surface area contributed by atoms with Crippen molar-refractivity contribution >= 4 is 38.9 Å². The molecule has 246 valence electrons. The predicted molar refractivity (Wildman–Crippen MR) is 191 cm³/mol. The molecule has 2 amide bonds. The maximum absolute atomic E-state index is 14.3. The summed E-state index contributed by atoms with van der Waals surface area (Å²) in [5, 5.41) is 11.1. The van der Waals surface area contributed by atoms with Gasteiger partial charge >= 0.3 is 0 Å². The van der Waals surface area contributed by atoms with Gasteiger partial charge in [0.15, 0.2) is 0 Å². The second-order valence-electron chi connectivity index (χ2n) is 12.7.